The third-order valence-electron chi connectivity index (χ3n) is 3.67. The summed E-state index contributed by atoms with van der Waals surface area (Å²) in [5.74, 6) is 0.340. The molecule has 9 heteroatoms. The highest BCUT2D eigenvalue weighted by Crippen LogP contribution is 2.18. The first-order valence-electron chi connectivity index (χ1n) is 7.76. The Kier molecular flexibility index (Phi) is 4.56. The Bertz CT molecular complexity index is 1090. The lowest BCUT2D eigenvalue weighted by atomic mass is 10.2. The van der Waals surface area contributed by atoms with Crippen LogP contribution in [0.4, 0.5) is 5.82 Å². The Hall–Kier alpha value is -3.07. The van der Waals surface area contributed by atoms with E-state index in [0.29, 0.717) is 11.4 Å². The van der Waals surface area contributed by atoms with E-state index in [4.69, 9.17) is 0 Å². The number of Topliss-reactive ketones (excluding diaryl/α,β-unsaturated/α-hetero) is 1. The first-order chi connectivity index (χ1) is 12.3. The van der Waals surface area contributed by atoms with E-state index in [2.05, 4.69) is 19.8 Å². The maximum absolute atomic E-state index is 12.6. The van der Waals surface area contributed by atoms with E-state index in [-0.39, 0.29) is 16.5 Å². The highest BCUT2D eigenvalue weighted by atomic mass is 32.2. The van der Waals surface area contributed by atoms with Crippen molar-refractivity contribution in [3.05, 3.63) is 59.7 Å². The zero-order valence-electron chi connectivity index (χ0n) is 14.5. The van der Waals surface area contributed by atoms with E-state index in [1.807, 2.05) is 19.9 Å². The zero-order chi connectivity index (χ0) is 18.9. The van der Waals surface area contributed by atoms with Gasteiger partial charge in [-0.25, -0.2) is 23.1 Å². The van der Waals surface area contributed by atoms with Gasteiger partial charge in [0.25, 0.3) is 10.0 Å². The second-order valence-corrected chi connectivity index (χ2v) is 7.47. The fraction of sp³-hybridized carbons (Fsp3) is 0.176. The predicted molar refractivity (Wildman–Crippen MR) is 95.9 cm³/mol. The quantitative estimate of drug-likeness (QED) is 0.690. The van der Waals surface area contributed by atoms with Crippen molar-refractivity contribution >= 4 is 21.6 Å². The van der Waals surface area contributed by atoms with Crippen molar-refractivity contribution in [3.63, 3.8) is 0 Å². The summed E-state index contributed by atoms with van der Waals surface area (Å²) in [6.45, 7) is 5.11. The Balaban J connectivity index is 1.93. The van der Waals surface area contributed by atoms with Crippen molar-refractivity contribution in [2.45, 2.75) is 25.7 Å². The lowest BCUT2D eigenvalue weighted by Gasteiger charge is -2.09. The molecule has 0 amide bonds. The number of ketones is 1. The molecule has 0 aliphatic carbocycles. The molecule has 3 aromatic rings. The second kappa shape index (κ2) is 6.68. The topological polar surface area (TPSA) is 107 Å². The molecule has 0 spiro atoms. The molecule has 0 bridgehead atoms. The predicted octanol–water partition coefficient (Wildman–Crippen LogP) is 2.28. The molecular weight excluding hydrogens is 354 g/mol. The Morgan fingerprint density at radius 3 is 2.54 bits per heavy atom. The van der Waals surface area contributed by atoms with E-state index in [0.717, 1.165) is 11.4 Å². The summed E-state index contributed by atoms with van der Waals surface area (Å²) in [4.78, 5) is 19.5. The minimum Gasteiger partial charge on any atom is -0.295 e. The number of rotatable bonds is 5. The van der Waals surface area contributed by atoms with Gasteiger partial charge >= 0.3 is 0 Å². The first kappa shape index (κ1) is 17.7. The number of aryl methyl sites for hydroxylation is 2. The fourth-order valence-electron chi connectivity index (χ4n) is 2.46. The number of hydrogen-bond donors (Lipinski definition) is 1. The lowest BCUT2D eigenvalue weighted by molar-refractivity contribution is 0.101. The van der Waals surface area contributed by atoms with E-state index in [9.17, 15) is 13.2 Å². The van der Waals surface area contributed by atoms with Crippen molar-refractivity contribution in [2.75, 3.05) is 4.72 Å². The molecule has 0 unspecified atom stereocenters. The summed E-state index contributed by atoms with van der Waals surface area (Å²) in [6.07, 6.45) is 1.26. The summed E-state index contributed by atoms with van der Waals surface area (Å²) >= 11 is 0. The van der Waals surface area contributed by atoms with Crippen molar-refractivity contribution in [1.29, 1.82) is 0 Å². The SMILES string of the molecule is CC(=O)c1cccc(S(=O)(=O)Nc2cc(-n3nc(C)cc3C)ncn2)c1. The van der Waals surface area contributed by atoms with Gasteiger partial charge < -0.3 is 0 Å². The molecule has 0 aliphatic heterocycles. The van der Waals surface area contributed by atoms with E-state index in [1.165, 1.54) is 37.5 Å². The van der Waals surface area contributed by atoms with Crippen LogP contribution >= 0.6 is 0 Å². The number of carbonyl (C=O) groups is 1. The number of benzene rings is 1. The van der Waals surface area contributed by atoms with Crippen molar-refractivity contribution in [1.82, 2.24) is 19.7 Å². The summed E-state index contributed by atoms with van der Waals surface area (Å²) in [7, 11) is -3.90. The number of carbonyl (C=O) groups excluding carboxylic acids is 1. The van der Waals surface area contributed by atoms with Gasteiger partial charge in [0.05, 0.1) is 10.6 Å². The molecule has 0 radical (unpaired) electrons. The zero-order valence-corrected chi connectivity index (χ0v) is 15.3. The molecule has 2 heterocycles. The Labute approximate surface area is 151 Å². The monoisotopic (exact) mass is 371 g/mol. The molecule has 0 saturated carbocycles. The van der Waals surface area contributed by atoms with E-state index < -0.39 is 10.0 Å². The molecule has 0 atom stereocenters. The van der Waals surface area contributed by atoms with Gasteiger partial charge in [-0.15, -0.1) is 0 Å². The van der Waals surface area contributed by atoms with Gasteiger partial charge in [-0.2, -0.15) is 5.10 Å². The lowest BCUT2D eigenvalue weighted by Crippen LogP contribution is -2.15. The van der Waals surface area contributed by atoms with Crippen molar-refractivity contribution in [2.24, 2.45) is 0 Å². The van der Waals surface area contributed by atoms with Gasteiger partial charge in [-0.05, 0) is 39.0 Å². The molecule has 1 aromatic carbocycles. The third kappa shape index (κ3) is 3.62. The average molecular weight is 371 g/mol. The normalized spacial score (nSPS) is 11.3. The maximum Gasteiger partial charge on any atom is 0.263 e. The van der Waals surface area contributed by atoms with Crippen LogP contribution < -0.4 is 4.72 Å². The molecule has 3 rings (SSSR count). The van der Waals surface area contributed by atoms with Gasteiger partial charge in [0.15, 0.2) is 11.6 Å². The molecule has 0 saturated heterocycles. The van der Waals surface area contributed by atoms with Crippen LogP contribution in [0.3, 0.4) is 0 Å². The van der Waals surface area contributed by atoms with Crippen LogP contribution in [0.2, 0.25) is 0 Å². The molecule has 0 fully saturated rings. The van der Waals surface area contributed by atoms with Crippen LogP contribution in [0, 0.1) is 13.8 Å². The van der Waals surface area contributed by atoms with Crippen molar-refractivity contribution < 1.29 is 13.2 Å². The highest BCUT2D eigenvalue weighted by Gasteiger charge is 2.17. The maximum atomic E-state index is 12.6. The largest absolute Gasteiger partial charge is 0.295 e. The second-order valence-electron chi connectivity index (χ2n) is 5.79. The van der Waals surface area contributed by atoms with Gasteiger partial charge in [0, 0.05) is 17.3 Å². The number of nitrogens with zero attached hydrogens (tertiary/aromatic N) is 4. The van der Waals surface area contributed by atoms with E-state index >= 15 is 0 Å². The Morgan fingerprint density at radius 2 is 1.88 bits per heavy atom. The summed E-state index contributed by atoms with van der Waals surface area (Å²) in [5.41, 5.74) is 2.01. The minimum absolute atomic E-state index is 0.0172. The van der Waals surface area contributed by atoms with Gasteiger partial charge in [0.1, 0.15) is 12.1 Å². The van der Waals surface area contributed by atoms with Gasteiger partial charge in [0.2, 0.25) is 0 Å². The van der Waals surface area contributed by atoms with Crippen LogP contribution in [0.25, 0.3) is 5.82 Å². The van der Waals surface area contributed by atoms with E-state index in [1.54, 1.807) is 10.7 Å². The first-order valence-corrected chi connectivity index (χ1v) is 9.24. The molecule has 134 valence electrons. The molecule has 8 nitrogen and oxygen atoms in total. The molecule has 1 N–H and O–H groups in total. The Morgan fingerprint density at radius 1 is 1.12 bits per heavy atom. The van der Waals surface area contributed by atoms with Crippen molar-refractivity contribution in [3.8, 4) is 5.82 Å². The van der Waals surface area contributed by atoms with Crippen LogP contribution in [-0.4, -0.2) is 33.9 Å². The number of sulfonamides is 1. The van der Waals surface area contributed by atoms with Gasteiger partial charge in [-0.1, -0.05) is 12.1 Å². The fourth-order valence-corrected chi connectivity index (χ4v) is 3.50. The van der Waals surface area contributed by atoms with Crippen LogP contribution in [0.1, 0.15) is 28.7 Å². The molecular formula is C17H17N5O3S. The van der Waals surface area contributed by atoms with Crippen LogP contribution in [0.5, 0.6) is 0 Å². The minimum atomic E-state index is -3.90. The number of hydrogen-bond acceptors (Lipinski definition) is 6. The summed E-state index contributed by atoms with van der Waals surface area (Å²) in [5, 5.41) is 4.32. The molecule has 2 aromatic heterocycles. The number of aromatic nitrogens is 4. The highest BCUT2D eigenvalue weighted by molar-refractivity contribution is 7.92. The summed E-state index contributed by atoms with van der Waals surface area (Å²) in [6, 6.07) is 9.20. The smallest absolute Gasteiger partial charge is 0.263 e. The third-order valence-corrected chi connectivity index (χ3v) is 5.02. The molecule has 26 heavy (non-hydrogen) atoms. The van der Waals surface area contributed by atoms with Crippen LogP contribution in [0.15, 0.2) is 47.6 Å². The summed E-state index contributed by atoms with van der Waals surface area (Å²) < 4.78 is 29.2. The number of anilines is 1. The van der Waals surface area contributed by atoms with Gasteiger partial charge in [-0.3, -0.25) is 9.52 Å². The van der Waals surface area contributed by atoms with Crippen LogP contribution in [-0.2, 0) is 10.0 Å². The average Bonchev–Trinajstić information content (AvgIpc) is 2.93. The number of nitrogens with one attached hydrogen (secondary N) is 1. The standard InChI is InChI=1S/C17H17N5O3S/c1-11-7-12(2)22(20-11)17-9-16(18-10-19-17)21-26(24,25)15-6-4-5-14(8-15)13(3)23/h4-10H,1-3H3,(H,18,19,21). The molecule has 0 aliphatic rings.